The van der Waals surface area contributed by atoms with Crippen molar-refractivity contribution >= 4 is 142 Å². The first kappa shape index (κ1) is 47.4. The molecule has 7 aromatic heterocycles. The molecule has 0 aliphatic carbocycles. The number of aromatic nitrogens is 5. The van der Waals surface area contributed by atoms with Crippen molar-refractivity contribution in [2.24, 2.45) is 0 Å². The highest BCUT2D eigenvalue weighted by Crippen LogP contribution is 2.46. The maximum Gasteiger partial charge on any atom is 0.160 e. The molecule has 0 fully saturated rings. The molecular formula is C80H45N5O3. The van der Waals surface area contributed by atoms with Crippen molar-refractivity contribution in [3.63, 3.8) is 0 Å². The van der Waals surface area contributed by atoms with Crippen LogP contribution < -0.4 is 0 Å². The van der Waals surface area contributed by atoms with E-state index in [1.807, 2.05) is 24.3 Å². The Hall–Kier alpha value is -12.0. The molecule has 0 amide bonds. The minimum absolute atomic E-state index is 0.624. The van der Waals surface area contributed by atoms with Crippen LogP contribution in [-0.2, 0) is 0 Å². The third-order valence-corrected chi connectivity index (χ3v) is 18.4. The summed E-state index contributed by atoms with van der Waals surface area (Å²) in [5.74, 6) is 0.624. The third-order valence-electron chi connectivity index (χ3n) is 18.4. The fourth-order valence-corrected chi connectivity index (χ4v) is 14.6. The van der Waals surface area contributed by atoms with Crippen molar-refractivity contribution in [3.05, 3.63) is 273 Å². The Morgan fingerprint density at radius 1 is 0.239 bits per heavy atom. The van der Waals surface area contributed by atoms with E-state index in [0.29, 0.717) is 5.82 Å². The maximum atomic E-state index is 6.72. The number of furan rings is 3. The molecule has 0 spiro atoms. The Balaban J connectivity index is 0.781. The second kappa shape index (κ2) is 17.8. The van der Waals surface area contributed by atoms with Gasteiger partial charge in [0.05, 0.1) is 60.5 Å². The quantitative estimate of drug-likeness (QED) is 0.166. The van der Waals surface area contributed by atoms with Crippen LogP contribution in [0.5, 0.6) is 0 Å². The molecule has 0 saturated carbocycles. The lowest BCUT2D eigenvalue weighted by Crippen LogP contribution is -1.99. The van der Waals surface area contributed by atoms with E-state index in [9.17, 15) is 0 Å². The molecule has 88 heavy (non-hydrogen) atoms. The third kappa shape index (κ3) is 6.62. The first-order chi connectivity index (χ1) is 43.6. The molecule has 408 valence electrons. The number of hydrogen-bond donors (Lipinski definition) is 0. The summed E-state index contributed by atoms with van der Waals surface area (Å²) in [6, 6.07) is 97.1. The molecule has 13 aromatic carbocycles. The van der Waals surface area contributed by atoms with Gasteiger partial charge in [0.25, 0.3) is 0 Å². The van der Waals surface area contributed by atoms with Crippen LogP contribution in [0.2, 0.25) is 0 Å². The molecule has 8 nitrogen and oxygen atoms in total. The predicted octanol–water partition coefficient (Wildman–Crippen LogP) is 21.6. The zero-order chi connectivity index (χ0) is 57.3. The lowest BCUT2D eigenvalue weighted by Gasteiger charge is -2.15. The van der Waals surface area contributed by atoms with Gasteiger partial charge in [0.15, 0.2) is 5.82 Å². The number of rotatable bonds is 6. The minimum Gasteiger partial charge on any atom is -0.455 e. The predicted molar refractivity (Wildman–Crippen MR) is 361 cm³/mol. The number of nitrogens with zero attached hydrogens (tertiary/aromatic N) is 5. The van der Waals surface area contributed by atoms with Crippen molar-refractivity contribution in [2.75, 3.05) is 0 Å². The minimum atomic E-state index is 0.624. The van der Waals surface area contributed by atoms with Crippen molar-refractivity contribution in [3.8, 4) is 50.8 Å². The van der Waals surface area contributed by atoms with Gasteiger partial charge in [-0.05, 0) is 132 Å². The van der Waals surface area contributed by atoms with Crippen LogP contribution in [0.25, 0.3) is 193 Å². The molecule has 8 heteroatoms. The van der Waals surface area contributed by atoms with Gasteiger partial charge in [-0.3, -0.25) is 0 Å². The summed E-state index contributed by atoms with van der Waals surface area (Å²) in [5.41, 5.74) is 20.5. The lowest BCUT2D eigenvalue weighted by molar-refractivity contribution is 0.672. The first-order valence-corrected chi connectivity index (χ1v) is 29.8. The summed E-state index contributed by atoms with van der Waals surface area (Å²) in [6.45, 7) is 0. The van der Waals surface area contributed by atoms with Crippen LogP contribution in [0.15, 0.2) is 286 Å². The van der Waals surface area contributed by atoms with Crippen molar-refractivity contribution in [1.82, 2.24) is 23.7 Å². The molecule has 0 unspecified atom stereocenters. The average Bonchev–Trinajstić information content (AvgIpc) is 1.99. The van der Waals surface area contributed by atoms with Gasteiger partial charge in [-0.1, -0.05) is 152 Å². The Morgan fingerprint density at radius 2 is 0.614 bits per heavy atom. The van der Waals surface area contributed by atoms with Crippen LogP contribution in [0.4, 0.5) is 0 Å². The van der Waals surface area contributed by atoms with E-state index in [4.69, 9.17) is 23.2 Å². The van der Waals surface area contributed by atoms with E-state index in [1.165, 1.54) is 0 Å². The van der Waals surface area contributed by atoms with E-state index in [-0.39, 0.29) is 0 Å². The van der Waals surface area contributed by atoms with Crippen LogP contribution in [0.3, 0.4) is 0 Å². The molecule has 0 aliphatic heterocycles. The smallest absolute Gasteiger partial charge is 0.160 e. The van der Waals surface area contributed by atoms with E-state index in [0.717, 1.165) is 187 Å². The highest BCUT2D eigenvalue weighted by molar-refractivity contribution is 6.26. The van der Waals surface area contributed by atoms with E-state index >= 15 is 0 Å². The molecular weight excluding hydrogens is 1080 g/mol. The standard InChI is InChI=1S/C80H45N5O3/c1-7-28-64-59(25-1)73-67(39-35-56-53-22-4-10-31-70(53)86-77(56)73)83(64)50-19-13-16-46(42-50)47-34-38-63-62(45-47)76(48-17-14-20-51(43-48)84-65-29-8-2-26-60(65)74-68(84)40-36-57-54-23-5-11-32-71(54)87-78(57)74)82-80(81-63)49-18-15-21-52(44-49)85-66-30-9-3-27-61(66)75-69(85)41-37-58-55-24-6-12-33-72(55)88-79(58)75/h1-45H. The van der Waals surface area contributed by atoms with Crippen molar-refractivity contribution in [2.45, 2.75) is 0 Å². The van der Waals surface area contributed by atoms with Gasteiger partial charge in [0, 0.05) is 82.1 Å². The first-order valence-electron chi connectivity index (χ1n) is 29.8. The number of para-hydroxylation sites is 6. The average molecular weight is 1120 g/mol. The lowest BCUT2D eigenvalue weighted by atomic mass is 9.99. The second-order valence-corrected chi connectivity index (χ2v) is 23.1. The molecule has 20 aromatic rings. The summed E-state index contributed by atoms with van der Waals surface area (Å²) in [5, 5.41) is 14.3. The van der Waals surface area contributed by atoms with Gasteiger partial charge in [0.2, 0.25) is 0 Å². The fourth-order valence-electron chi connectivity index (χ4n) is 14.6. The molecule has 0 atom stereocenters. The summed E-state index contributed by atoms with van der Waals surface area (Å²) in [4.78, 5) is 11.2. The highest BCUT2D eigenvalue weighted by atomic mass is 16.3. The molecule has 0 aliphatic rings. The summed E-state index contributed by atoms with van der Waals surface area (Å²) in [6.07, 6.45) is 0. The monoisotopic (exact) mass is 1120 g/mol. The van der Waals surface area contributed by atoms with E-state index < -0.39 is 0 Å². The van der Waals surface area contributed by atoms with Gasteiger partial charge >= 0.3 is 0 Å². The summed E-state index contributed by atoms with van der Waals surface area (Å²) < 4.78 is 27.2. The Morgan fingerprint density at radius 3 is 1.08 bits per heavy atom. The normalized spacial score (nSPS) is 12.3. The Labute approximate surface area is 500 Å². The van der Waals surface area contributed by atoms with Gasteiger partial charge in [-0.2, -0.15) is 0 Å². The van der Waals surface area contributed by atoms with Crippen molar-refractivity contribution in [1.29, 1.82) is 0 Å². The molecule has 0 radical (unpaired) electrons. The Bertz CT molecular complexity index is 6400. The van der Waals surface area contributed by atoms with Crippen LogP contribution in [0.1, 0.15) is 0 Å². The van der Waals surface area contributed by atoms with Crippen molar-refractivity contribution < 1.29 is 13.3 Å². The number of benzene rings is 13. The zero-order valence-electron chi connectivity index (χ0n) is 46.9. The van der Waals surface area contributed by atoms with Crippen LogP contribution >= 0.6 is 0 Å². The molecule has 0 bridgehead atoms. The SMILES string of the molecule is c1cc(-c2ccc3nc(-c4cccc(-n5c6ccccc6c6c7oc8ccccc8c7ccc65)c4)nc(-c4cccc(-n5c6ccccc6c6c7oc8ccccc8c7ccc65)c4)c3c2)cc(-n2c3ccccc3c3c4oc5ccccc5c4ccc32)c1. The van der Waals surface area contributed by atoms with Gasteiger partial charge in [-0.25, -0.2) is 9.97 Å². The topological polar surface area (TPSA) is 80.0 Å². The maximum absolute atomic E-state index is 6.72. The summed E-state index contributed by atoms with van der Waals surface area (Å²) >= 11 is 0. The fraction of sp³-hybridized carbons (Fsp3) is 0. The van der Waals surface area contributed by atoms with E-state index in [1.54, 1.807) is 0 Å². The molecule has 0 saturated heterocycles. The highest BCUT2D eigenvalue weighted by Gasteiger charge is 2.24. The largest absolute Gasteiger partial charge is 0.455 e. The van der Waals surface area contributed by atoms with Gasteiger partial charge in [0.1, 0.15) is 33.5 Å². The Kier molecular flexibility index (Phi) is 9.57. The van der Waals surface area contributed by atoms with Gasteiger partial charge < -0.3 is 27.0 Å². The molecule has 7 heterocycles. The second-order valence-electron chi connectivity index (χ2n) is 23.1. The van der Waals surface area contributed by atoms with E-state index in [2.05, 4.69) is 262 Å². The van der Waals surface area contributed by atoms with Gasteiger partial charge in [-0.15, -0.1) is 0 Å². The molecule has 20 rings (SSSR count). The summed E-state index contributed by atoms with van der Waals surface area (Å²) in [7, 11) is 0. The number of fused-ring (bicyclic) bond motifs is 22. The zero-order valence-corrected chi connectivity index (χ0v) is 46.9. The van der Waals surface area contributed by atoms with Crippen LogP contribution in [0, 0.1) is 0 Å². The molecule has 0 N–H and O–H groups in total. The van der Waals surface area contributed by atoms with Crippen LogP contribution in [-0.4, -0.2) is 23.7 Å². The number of hydrogen-bond acceptors (Lipinski definition) is 5.